The maximum Gasteiger partial charge on any atom is 0.308 e. The van der Waals surface area contributed by atoms with E-state index in [1.165, 1.54) is 69.9 Å². The van der Waals surface area contributed by atoms with Crippen molar-refractivity contribution in [1.29, 1.82) is 0 Å². The highest BCUT2D eigenvalue weighted by Crippen LogP contribution is 2.63. The Bertz CT molecular complexity index is 1090. The average molecular weight is 552 g/mol. The standard InChI is InChI=1S/C34H49NO5/c1-23(36)39-27-15-16-28-26(22-27)21-25(13-11-9-7-5-6-8-10-12-14-32(38)35-4)33-29(28)19-20-34(3)30(33)17-18-31(34)40-24(2)37/h16,18,25,29-30,33H,5-14,17,19-22H2,1-4H3,(H,35,38)/t25-,29?,30?,33?,34+/m1/s1. The SMILES string of the molecule is CNC(=O)CCCCCCCCCC[C@@H]1CC2=C(C=C=C(OC(C)=O)C2)C2CC[C@]3(C)C(OC(C)=O)=CCC3C21. The normalized spacial score (nSPS) is 28.6. The van der Waals surface area contributed by atoms with Gasteiger partial charge < -0.3 is 14.8 Å². The van der Waals surface area contributed by atoms with Crippen molar-refractivity contribution in [3.63, 3.8) is 0 Å². The fourth-order valence-electron chi connectivity index (χ4n) is 8.09. The molecule has 3 unspecified atom stereocenters. The van der Waals surface area contributed by atoms with Crippen LogP contribution in [0.5, 0.6) is 0 Å². The van der Waals surface area contributed by atoms with E-state index in [4.69, 9.17) is 9.47 Å². The molecule has 40 heavy (non-hydrogen) atoms. The number of rotatable bonds is 13. The number of nitrogens with one attached hydrogen (secondary N) is 1. The highest BCUT2D eigenvalue weighted by atomic mass is 16.5. The van der Waals surface area contributed by atoms with Crippen LogP contribution in [0.4, 0.5) is 0 Å². The number of carbonyl (C=O) groups excluding carboxylic acids is 3. The summed E-state index contributed by atoms with van der Waals surface area (Å²) in [5, 5.41) is 2.69. The van der Waals surface area contributed by atoms with Crippen molar-refractivity contribution in [3.05, 3.63) is 40.5 Å². The van der Waals surface area contributed by atoms with Gasteiger partial charge >= 0.3 is 11.9 Å². The van der Waals surface area contributed by atoms with Gasteiger partial charge in [0.05, 0.1) is 0 Å². The number of amides is 1. The lowest BCUT2D eigenvalue weighted by atomic mass is 9.51. The average Bonchev–Trinajstić information content (AvgIpc) is 3.24. The topological polar surface area (TPSA) is 81.7 Å². The molecular weight excluding hydrogens is 502 g/mol. The van der Waals surface area contributed by atoms with Crippen molar-refractivity contribution in [2.45, 2.75) is 117 Å². The van der Waals surface area contributed by atoms with E-state index in [1.807, 2.05) is 0 Å². The van der Waals surface area contributed by atoms with Gasteiger partial charge in [-0.3, -0.25) is 14.4 Å². The zero-order valence-electron chi connectivity index (χ0n) is 25.1. The summed E-state index contributed by atoms with van der Waals surface area (Å²) in [4.78, 5) is 34.8. The van der Waals surface area contributed by atoms with Gasteiger partial charge in [0.15, 0.2) is 5.76 Å². The van der Waals surface area contributed by atoms with E-state index < -0.39 is 0 Å². The summed E-state index contributed by atoms with van der Waals surface area (Å²) in [7, 11) is 1.70. The van der Waals surface area contributed by atoms with Gasteiger partial charge in [-0.1, -0.05) is 63.2 Å². The molecule has 0 bridgehead atoms. The molecule has 1 saturated carbocycles. The minimum absolute atomic E-state index is 0.0714. The Balaban J connectivity index is 1.36. The Morgan fingerprint density at radius 3 is 2.35 bits per heavy atom. The summed E-state index contributed by atoms with van der Waals surface area (Å²) >= 11 is 0. The second-order valence-corrected chi connectivity index (χ2v) is 12.7. The van der Waals surface area contributed by atoms with E-state index in [9.17, 15) is 14.4 Å². The molecular formula is C34H49NO5. The Kier molecular flexibility index (Phi) is 10.5. The van der Waals surface area contributed by atoms with Gasteiger partial charge in [-0.15, -0.1) is 0 Å². The molecule has 0 aromatic rings. The van der Waals surface area contributed by atoms with Gasteiger partial charge in [-0.05, 0) is 79.9 Å². The van der Waals surface area contributed by atoms with E-state index >= 15 is 0 Å². The van der Waals surface area contributed by atoms with Gasteiger partial charge in [0, 0.05) is 39.2 Å². The van der Waals surface area contributed by atoms with Crippen molar-refractivity contribution in [3.8, 4) is 0 Å². The molecule has 4 aliphatic carbocycles. The molecule has 0 heterocycles. The third-order valence-electron chi connectivity index (χ3n) is 9.99. The number of hydrogen-bond donors (Lipinski definition) is 1. The molecule has 1 amide bonds. The molecule has 6 heteroatoms. The first kappa shape index (κ1) is 30.4. The molecule has 4 rings (SSSR count). The Morgan fingerprint density at radius 1 is 1.00 bits per heavy atom. The van der Waals surface area contributed by atoms with Crippen molar-refractivity contribution in [2.75, 3.05) is 7.05 Å². The van der Waals surface area contributed by atoms with Crippen LogP contribution in [0.15, 0.2) is 40.5 Å². The van der Waals surface area contributed by atoms with Crippen LogP contribution >= 0.6 is 0 Å². The number of unbranched alkanes of at least 4 members (excludes halogenated alkanes) is 7. The van der Waals surface area contributed by atoms with E-state index in [-0.39, 0.29) is 23.3 Å². The lowest BCUT2D eigenvalue weighted by Gasteiger charge is -2.53. The van der Waals surface area contributed by atoms with Crippen LogP contribution in [0.1, 0.15) is 117 Å². The quantitative estimate of drug-likeness (QED) is 0.146. The number of ether oxygens (including phenoxy) is 2. The smallest absolute Gasteiger partial charge is 0.308 e. The third kappa shape index (κ3) is 7.18. The number of allylic oxidation sites excluding steroid dienone is 4. The van der Waals surface area contributed by atoms with Gasteiger partial charge in [0.2, 0.25) is 5.91 Å². The molecule has 220 valence electrons. The largest absolute Gasteiger partial charge is 0.431 e. The van der Waals surface area contributed by atoms with Crippen molar-refractivity contribution >= 4 is 17.8 Å². The van der Waals surface area contributed by atoms with Gasteiger partial charge in [0.25, 0.3) is 0 Å². The Labute approximate surface area is 240 Å². The van der Waals surface area contributed by atoms with E-state index in [2.05, 4.69) is 30.1 Å². The lowest BCUT2D eigenvalue weighted by Crippen LogP contribution is -2.46. The summed E-state index contributed by atoms with van der Waals surface area (Å²) in [5.74, 6) is 3.34. The molecule has 1 N–H and O–H groups in total. The van der Waals surface area contributed by atoms with E-state index in [0.29, 0.717) is 42.3 Å². The fraction of sp³-hybridized carbons (Fsp3) is 0.706. The molecule has 5 atom stereocenters. The molecule has 4 aliphatic rings. The lowest BCUT2D eigenvalue weighted by molar-refractivity contribution is -0.140. The maximum absolute atomic E-state index is 11.9. The summed E-state index contributed by atoms with van der Waals surface area (Å²) in [6, 6.07) is 0. The molecule has 0 aliphatic heterocycles. The van der Waals surface area contributed by atoms with Crippen LogP contribution in [0.3, 0.4) is 0 Å². The van der Waals surface area contributed by atoms with Crippen molar-refractivity contribution < 1.29 is 23.9 Å². The summed E-state index contributed by atoms with van der Waals surface area (Å²) in [5.41, 5.74) is 6.08. The van der Waals surface area contributed by atoms with Crippen LogP contribution in [-0.2, 0) is 23.9 Å². The minimum atomic E-state index is -0.278. The monoisotopic (exact) mass is 551 g/mol. The fourth-order valence-corrected chi connectivity index (χ4v) is 8.09. The van der Waals surface area contributed by atoms with Crippen LogP contribution in [0.2, 0.25) is 0 Å². The minimum Gasteiger partial charge on any atom is -0.431 e. The zero-order chi connectivity index (χ0) is 28.7. The van der Waals surface area contributed by atoms with E-state index in [0.717, 1.165) is 44.3 Å². The molecule has 0 saturated heterocycles. The first-order valence-electron chi connectivity index (χ1n) is 15.7. The second kappa shape index (κ2) is 13.9. The number of fused-ring (bicyclic) bond motifs is 4. The summed E-state index contributed by atoms with van der Waals surface area (Å²) in [6.45, 7) is 5.29. The number of hydrogen-bond acceptors (Lipinski definition) is 5. The first-order valence-corrected chi connectivity index (χ1v) is 15.7. The first-order chi connectivity index (χ1) is 19.2. The predicted molar refractivity (Wildman–Crippen MR) is 156 cm³/mol. The highest BCUT2D eigenvalue weighted by Gasteiger charge is 2.55. The Hall–Kier alpha value is -2.59. The maximum atomic E-state index is 11.9. The number of esters is 2. The second-order valence-electron chi connectivity index (χ2n) is 12.7. The molecule has 1 fully saturated rings. The summed E-state index contributed by atoms with van der Waals surface area (Å²) < 4.78 is 11.2. The third-order valence-corrected chi connectivity index (χ3v) is 9.99. The van der Waals surface area contributed by atoms with Crippen LogP contribution in [-0.4, -0.2) is 24.9 Å². The van der Waals surface area contributed by atoms with Crippen LogP contribution in [0, 0.1) is 29.1 Å². The zero-order valence-corrected chi connectivity index (χ0v) is 25.1. The molecule has 0 aromatic heterocycles. The highest BCUT2D eigenvalue weighted by molar-refractivity contribution is 5.75. The van der Waals surface area contributed by atoms with Crippen molar-refractivity contribution in [2.24, 2.45) is 29.1 Å². The van der Waals surface area contributed by atoms with Gasteiger partial charge in [-0.25, -0.2) is 0 Å². The van der Waals surface area contributed by atoms with Crippen LogP contribution < -0.4 is 5.32 Å². The van der Waals surface area contributed by atoms with Crippen molar-refractivity contribution in [1.82, 2.24) is 5.32 Å². The molecule has 0 aromatic carbocycles. The van der Waals surface area contributed by atoms with Gasteiger partial charge in [0.1, 0.15) is 5.76 Å². The molecule has 0 radical (unpaired) electrons. The van der Waals surface area contributed by atoms with E-state index in [1.54, 1.807) is 7.05 Å². The molecule has 6 nitrogen and oxygen atoms in total. The van der Waals surface area contributed by atoms with Crippen LogP contribution in [0.25, 0.3) is 0 Å². The Morgan fingerprint density at radius 2 is 1.68 bits per heavy atom. The summed E-state index contributed by atoms with van der Waals surface area (Å²) in [6.07, 6.45) is 20.6. The van der Waals surface area contributed by atoms with Gasteiger partial charge in [-0.2, -0.15) is 0 Å². The number of carbonyl (C=O) groups is 3. The molecule has 0 spiro atoms. The predicted octanol–water partition coefficient (Wildman–Crippen LogP) is 7.46.